The highest BCUT2D eigenvalue weighted by Gasteiger charge is 2.36. The summed E-state index contributed by atoms with van der Waals surface area (Å²) < 4.78 is 9.82. The van der Waals surface area contributed by atoms with E-state index in [9.17, 15) is 24.3 Å². The normalized spacial score (nSPS) is 16.5. The van der Waals surface area contributed by atoms with Gasteiger partial charge in [-0.3, -0.25) is 4.79 Å². The lowest BCUT2D eigenvalue weighted by atomic mass is 10.0. The standard InChI is InChI=1S/C21H29N3O7/c1-23(21(29)24-10-6-9-17(24)19(26)27)14-18(25)16(13-15-7-4-3-5-8-15)22-20(28)31-12-11-30-2/h3-5,7-8,16-17H,6,9-14H2,1-2H3,(H,22,28)(H,26,27)/t16-,17-/m0/s1. The number of carbonyl (C=O) groups is 4. The molecule has 10 heteroatoms. The van der Waals surface area contributed by atoms with Gasteiger partial charge in [-0.05, 0) is 24.8 Å². The maximum Gasteiger partial charge on any atom is 0.407 e. The zero-order chi connectivity index (χ0) is 22.8. The van der Waals surface area contributed by atoms with Gasteiger partial charge in [-0.1, -0.05) is 30.3 Å². The summed E-state index contributed by atoms with van der Waals surface area (Å²) in [7, 11) is 2.92. The predicted molar refractivity (Wildman–Crippen MR) is 111 cm³/mol. The number of aliphatic carboxylic acids is 1. The first kappa shape index (κ1) is 24.1. The molecule has 0 aliphatic carbocycles. The molecule has 2 rings (SSSR count). The van der Waals surface area contributed by atoms with Gasteiger partial charge in [0, 0.05) is 20.7 Å². The Balaban J connectivity index is 2.03. The molecular weight excluding hydrogens is 406 g/mol. The molecule has 170 valence electrons. The van der Waals surface area contributed by atoms with Crippen LogP contribution < -0.4 is 5.32 Å². The predicted octanol–water partition coefficient (Wildman–Crippen LogP) is 1.14. The number of carboxylic acids is 1. The summed E-state index contributed by atoms with van der Waals surface area (Å²) in [6, 6.07) is 6.81. The van der Waals surface area contributed by atoms with Crippen molar-refractivity contribution in [1.82, 2.24) is 15.1 Å². The van der Waals surface area contributed by atoms with Gasteiger partial charge in [-0.25, -0.2) is 14.4 Å². The van der Waals surface area contributed by atoms with Crippen molar-refractivity contribution in [2.75, 3.05) is 40.5 Å². The third kappa shape index (κ3) is 7.25. The molecule has 1 aromatic rings. The molecule has 0 radical (unpaired) electrons. The second-order valence-electron chi connectivity index (χ2n) is 7.31. The van der Waals surface area contributed by atoms with Crippen LogP contribution in [0.2, 0.25) is 0 Å². The average molecular weight is 435 g/mol. The Morgan fingerprint density at radius 3 is 2.58 bits per heavy atom. The van der Waals surface area contributed by atoms with Gasteiger partial charge in [0.05, 0.1) is 19.2 Å². The smallest absolute Gasteiger partial charge is 0.407 e. The third-order valence-corrected chi connectivity index (χ3v) is 4.99. The van der Waals surface area contributed by atoms with Crippen molar-refractivity contribution >= 4 is 23.9 Å². The summed E-state index contributed by atoms with van der Waals surface area (Å²) in [6.07, 6.45) is 0.443. The van der Waals surface area contributed by atoms with Gasteiger partial charge >= 0.3 is 18.1 Å². The molecule has 0 unspecified atom stereocenters. The van der Waals surface area contributed by atoms with E-state index in [0.29, 0.717) is 19.4 Å². The van der Waals surface area contributed by atoms with Crippen LogP contribution in [0.15, 0.2) is 30.3 Å². The highest BCUT2D eigenvalue weighted by Crippen LogP contribution is 2.19. The number of Topliss-reactive ketones (excluding diaryl/α,β-unsaturated/α-hetero) is 1. The second-order valence-corrected chi connectivity index (χ2v) is 7.31. The highest BCUT2D eigenvalue weighted by atomic mass is 16.6. The van der Waals surface area contributed by atoms with Crippen molar-refractivity contribution < 1.29 is 33.8 Å². The summed E-state index contributed by atoms with van der Waals surface area (Å²) in [5.41, 5.74) is 0.831. The van der Waals surface area contributed by atoms with Crippen LogP contribution in [0.1, 0.15) is 18.4 Å². The number of rotatable bonds is 10. The molecule has 10 nitrogen and oxygen atoms in total. The Bertz CT molecular complexity index is 771. The van der Waals surface area contributed by atoms with Crippen LogP contribution in [0, 0.1) is 0 Å². The summed E-state index contributed by atoms with van der Waals surface area (Å²) in [6.45, 7) is 0.310. The molecule has 1 saturated heterocycles. The number of methoxy groups -OCH3 is 1. The van der Waals surface area contributed by atoms with E-state index in [4.69, 9.17) is 9.47 Å². The minimum Gasteiger partial charge on any atom is -0.480 e. The lowest BCUT2D eigenvalue weighted by Gasteiger charge is -2.28. The van der Waals surface area contributed by atoms with Crippen LogP contribution in [0.5, 0.6) is 0 Å². The Morgan fingerprint density at radius 2 is 1.94 bits per heavy atom. The van der Waals surface area contributed by atoms with Gasteiger partial charge in [0.1, 0.15) is 12.6 Å². The molecule has 1 aliphatic rings. The molecule has 1 fully saturated rings. The summed E-state index contributed by atoms with van der Waals surface area (Å²) in [5.74, 6) is -1.46. The number of nitrogens with zero attached hydrogens (tertiary/aromatic N) is 2. The lowest BCUT2D eigenvalue weighted by molar-refractivity contribution is -0.141. The lowest BCUT2D eigenvalue weighted by Crippen LogP contribution is -2.51. The average Bonchev–Trinajstić information content (AvgIpc) is 3.24. The third-order valence-electron chi connectivity index (χ3n) is 4.99. The Labute approximate surface area is 181 Å². The molecular formula is C21H29N3O7. The number of amides is 3. The molecule has 2 atom stereocenters. The Morgan fingerprint density at radius 1 is 1.23 bits per heavy atom. The quantitative estimate of drug-likeness (QED) is 0.528. The fourth-order valence-electron chi connectivity index (χ4n) is 3.38. The number of ether oxygens (including phenoxy) is 2. The van der Waals surface area contributed by atoms with Gasteiger partial charge in [-0.2, -0.15) is 0 Å². The zero-order valence-corrected chi connectivity index (χ0v) is 17.8. The van der Waals surface area contributed by atoms with E-state index in [1.807, 2.05) is 30.3 Å². The number of likely N-dealkylation sites (tertiary alicyclic amines) is 1. The minimum atomic E-state index is -1.06. The number of likely N-dealkylation sites (N-methyl/N-ethyl adjacent to an activating group) is 1. The van der Waals surface area contributed by atoms with E-state index in [0.717, 1.165) is 5.56 Å². The fraction of sp³-hybridized carbons (Fsp3) is 0.524. The molecule has 0 saturated carbocycles. The first-order chi connectivity index (χ1) is 14.8. The van der Waals surface area contributed by atoms with Crippen LogP contribution in [-0.2, 0) is 25.5 Å². The number of carboxylic acid groups (broad SMARTS) is 1. The van der Waals surface area contributed by atoms with E-state index in [1.54, 1.807) is 0 Å². The van der Waals surface area contributed by atoms with Crippen molar-refractivity contribution in [3.05, 3.63) is 35.9 Å². The van der Waals surface area contributed by atoms with Crippen LogP contribution >= 0.6 is 0 Å². The molecule has 2 N–H and O–H groups in total. The van der Waals surface area contributed by atoms with Crippen LogP contribution in [0.25, 0.3) is 0 Å². The largest absolute Gasteiger partial charge is 0.480 e. The van der Waals surface area contributed by atoms with Crippen molar-refractivity contribution in [1.29, 1.82) is 0 Å². The molecule has 0 aromatic heterocycles. The molecule has 31 heavy (non-hydrogen) atoms. The zero-order valence-electron chi connectivity index (χ0n) is 17.8. The molecule has 1 heterocycles. The van der Waals surface area contributed by atoms with Gasteiger partial charge in [0.25, 0.3) is 0 Å². The van der Waals surface area contributed by atoms with E-state index >= 15 is 0 Å². The van der Waals surface area contributed by atoms with E-state index in [2.05, 4.69) is 5.32 Å². The first-order valence-corrected chi connectivity index (χ1v) is 10.1. The number of carbonyl (C=O) groups excluding carboxylic acids is 3. The van der Waals surface area contributed by atoms with E-state index in [1.165, 1.54) is 24.0 Å². The Kier molecular flexibility index (Phi) is 9.26. The fourth-order valence-corrected chi connectivity index (χ4v) is 3.38. The number of urea groups is 1. The molecule has 0 spiro atoms. The second kappa shape index (κ2) is 11.9. The van der Waals surface area contributed by atoms with E-state index in [-0.39, 0.29) is 26.2 Å². The SMILES string of the molecule is COCCOC(=O)N[C@@H](Cc1ccccc1)C(=O)CN(C)C(=O)N1CCC[C@H]1C(=O)O. The van der Waals surface area contributed by atoms with E-state index < -0.39 is 36.0 Å². The number of alkyl carbamates (subject to hydrolysis) is 1. The topological polar surface area (TPSA) is 125 Å². The Hall–Kier alpha value is -3.14. The number of hydrogen-bond donors (Lipinski definition) is 2. The molecule has 0 bridgehead atoms. The van der Waals surface area contributed by atoms with Crippen LogP contribution in [0.4, 0.5) is 9.59 Å². The number of ketones is 1. The molecule has 1 aromatic carbocycles. The monoisotopic (exact) mass is 435 g/mol. The number of nitrogens with one attached hydrogen (secondary N) is 1. The summed E-state index contributed by atoms with van der Waals surface area (Å²) >= 11 is 0. The maximum absolute atomic E-state index is 12.9. The molecule has 3 amide bonds. The first-order valence-electron chi connectivity index (χ1n) is 10.1. The van der Waals surface area contributed by atoms with Gasteiger partial charge < -0.3 is 29.7 Å². The minimum absolute atomic E-state index is 0.0402. The van der Waals surface area contributed by atoms with Gasteiger partial charge in [0.15, 0.2) is 5.78 Å². The summed E-state index contributed by atoms with van der Waals surface area (Å²) in [4.78, 5) is 51.5. The van der Waals surface area contributed by atoms with Crippen molar-refractivity contribution in [3.63, 3.8) is 0 Å². The van der Waals surface area contributed by atoms with Crippen LogP contribution in [0.3, 0.4) is 0 Å². The summed E-state index contributed by atoms with van der Waals surface area (Å²) in [5, 5.41) is 11.8. The number of hydrogen-bond acceptors (Lipinski definition) is 6. The number of benzene rings is 1. The van der Waals surface area contributed by atoms with Gasteiger partial charge in [0.2, 0.25) is 0 Å². The van der Waals surface area contributed by atoms with Crippen LogP contribution in [-0.4, -0.2) is 91.3 Å². The van der Waals surface area contributed by atoms with Crippen molar-refractivity contribution in [2.45, 2.75) is 31.3 Å². The van der Waals surface area contributed by atoms with Crippen molar-refractivity contribution in [3.8, 4) is 0 Å². The van der Waals surface area contributed by atoms with Crippen molar-refractivity contribution in [2.24, 2.45) is 0 Å². The maximum atomic E-state index is 12.9. The highest BCUT2D eigenvalue weighted by molar-refractivity contribution is 5.92. The molecule has 1 aliphatic heterocycles. The van der Waals surface area contributed by atoms with Gasteiger partial charge in [-0.15, -0.1) is 0 Å².